The first-order valence-corrected chi connectivity index (χ1v) is 12.8. The second-order valence-corrected chi connectivity index (χ2v) is 10.4. The van der Waals surface area contributed by atoms with Gasteiger partial charge in [0.15, 0.2) is 5.82 Å². The highest BCUT2D eigenvalue weighted by molar-refractivity contribution is 5.79. The largest absolute Gasteiger partial charge is 0.377 e. The van der Waals surface area contributed by atoms with Crippen molar-refractivity contribution in [3.05, 3.63) is 51.6 Å². The molecule has 2 aromatic heterocycles. The number of hydrogen-bond donors (Lipinski definition) is 1. The minimum atomic E-state index is -0.0356. The summed E-state index contributed by atoms with van der Waals surface area (Å²) < 4.78 is 8.09. The zero-order valence-electron chi connectivity index (χ0n) is 20.5. The number of aromatic nitrogens is 5. The summed E-state index contributed by atoms with van der Waals surface area (Å²) in [5.74, 6) is 1.18. The number of rotatable bonds is 8. The molecule has 8 heteroatoms. The molecule has 1 aromatic carbocycles. The van der Waals surface area contributed by atoms with Crippen LogP contribution in [0.4, 0.5) is 0 Å². The monoisotopic (exact) mass is 464 g/mol. The van der Waals surface area contributed by atoms with Crippen molar-refractivity contribution in [2.75, 3.05) is 13.2 Å². The summed E-state index contributed by atoms with van der Waals surface area (Å²) in [6, 6.07) is 8.53. The van der Waals surface area contributed by atoms with Gasteiger partial charge in [0.25, 0.3) is 5.56 Å². The van der Waals surface area contributed by atoms with Gasteiger partial charge in [-0.25, -0.2) is 4.68 Å². The van der Waals surface area contributed by atoms with Gasteiger partial charge >= 0.3 is 0 Å². The molecule has 0 unspecified atom stereocenters. The number of pyridine rings is 1. The van der Waals surface area contributed by atoms with Crippen LogP contribution in [0.1, 0.15) is 81.4 Å². The van der Waals surface area contributed by atoms with E-state index in [1.807, 2.05) is 18.2 Å². The lowest BCUT2D eigenvalue weighted by Gasteiger charge is -2.35. The van der Waals surface area contributed by atoms with E-state index in [2.05, 4.69) is 56.9 Å². The van der Waals surface area contributed by atoms with Crippen molar-refractivity contribution in [2.45, 2.75) is 84.0 Å². The molecule has 1 aliphatic carbocycles. The van der Waals surface area contributed by atoms with E-state index in [1.165, 1.54) is 18.4 Å². The van der Waals surface area contributed by atoms with Crippen LogP contribution in [-0.2, 0) is 11.3 Å². The Morgan fingerprint density at radius 1 is 1.18 bits per heavy atom. The van der Waals surface area contributed by atoms with Gasteiger partial charge in [0, 0.05) is 30.8 Å². The van der Waals surface area contributed by atoms with Crippen molar-refractivity contribution in [3.8, 4) is 0 Å². The zero-order valence-corrected chi connectivity index (χ0v) is 20.5. The summed E-state index contributed by atoms with van der Waals surface area (Å²) in [4.78, 5) is 18.6. The van der Waals surface area contributed by atoms with Crippen molar-refractivity contribution >= 4 is 10.9 Å². The predicted octanol–water partition coefficient (Wildman–Crippen LogP) is 4.32. The number of benzene rings is 1. The molecule has 2 fully saturated rings. The van der Waals surface area contributed by atoms with Gasteiger partial charge in [-0.05, 0) is 72.5 Å². The van der Waals surface area contributed by atoms with Crippen LogP contribution in [-0.4, -0.2) is 49.3 Å². The lowest BCUT2D eigenvalue weighted by molar-refractivity contribution is 0.0379. The van der Waals surface area contributed by atoms with Gasteiger partial charge in [-0.2, -0.15) is 0 Å². The lowest BCUT2D eigenvalue weighted by atomic mass is 9.99. The van der Waals surface area contributed by atoms with E-state index in [9.17, 15) is 4.79 Å². The fraction of sp³-hybridized carbons (Fsp3) is 0.615. The number of nitrogens with one attached hydrogen (secondary N) is 1. The van der Waals surface area contributed by atoms with Crippen LogP contribution >= 0.6 is 0 Å². The van der Waals surface area contributed by atoms with Gasteiger partial charge < -0.3 is 9.72 Å². The molecule has 3 aromatic rings. The summed E-state index contributed by atoms with van der Waals surface area (Å²) in [6.07, 6.45) is 6.99. The zero-order chi connectivity index (χ0) is 23.7. The Morgan fingerprint density at radius 2 is 2.00 bits per heavy atom. The molecule has 3 heterocycles. The molecule has 1 saturated heterocycles. The molecule has 34 heavy (non-hydrogen) atoms. The van der Waals surface area contributed by atoms with Crippen LogP contribution in [0.15, 0.2) is 29.1 Å². The number of aromatic amines is 1. The number of nitrogens with zero attached hydrogens (tertiary/aromatic N) is 5. The summed E-state index contributed by atoms with van der Waals surface area (Å²) >= 11 is 0. The molecule has 5 rings (SSSR count). The first-order valence-electron chi connectivity index (χ1n) is 12.8. The Hall–Kier alpha value is -2.58. The number of fused-ring (bicyclic) bond motifs is 1. The van der Waals surface area contributed by atoms with Gasteiger partial charge in [-0.1, -0.05) is 38.3 Å². The average molecular weight is 465 g/mol. The molecule has 1 aliphatic heterocycles. The van der Waals surface area contributed by atoms with Gasteiger partial charge in [-0.3, -0.25) is 9.69 Å². The number of hydrogen-bond acceptors (Lipinski definition) is 6. The van der Waals surface area contributed by atoms with Crippen molar-refractivity contribution in [1.29, 1.82) is 0 Å². The standard InChI is InChI=1S/C26H36N6O2/c1-17(2)24(25-28-29-30-32(25)21-7-4-5-8-21)31(16-22-9-6-12-34-22)15-20-14-19-13-18(3)10-11-23(19)27-26(20)33/h10-11,13-14,17,21-22,24H,4-9,12,15-16H2,1-3H3,(H,27,33)/t22-,24-/m1/s1. The maximum absolute atomic E-state index is 13.1. The lowest BCUT2D eigenvalue weighted by Crippen LogP contribution is -2.40. The summed E-state index contributed by atoms with van der Waals surface area (Å²) in [5, 5.41) is 14.1. The molecule has 182 valence electrons. The van der Waals surface area contributed by atoms with Gasteiger partial charge in [-0.15, -0.1) is 5.10 Å². The van der Waals surface area contributed by atoms with Crippen LogP contribution in [0.25, 0.3) is 10.9 Å². The number of aryl methyl sites for hydroxylation is 1. The van der Waals surface area contributed by atoms with Crippen molar-refractivity contribution in [2.24, 2.45) is 5.92 Å². The first kappa shape index (κ1) is 23.2. The topological polar surface area (TPSA) is 88.9 Å². The maximum atomic E-state index is 13.1. The second-order valence-electron chi connectivity index (χ2n) is 10.4. The van der Waals surface area contributed by atoms with E-state index in [1.54, 1.807) is 0 Å². The SMILES string of the molecule is Cc1ccc2[nH]c(=O)c(CN(C[C@H]3CCCO3)[C@@H](c3nnnn3C3CCCC3)C(C)C)cc2c1. The highest BCUT2D eigenvalue weighted by Crippen LogP contribution is 2.35. The molecule has 0 radical (unpaired) electrons. The summed E-state index contributed by atoms with van der Waals surface area (Å²) in [5.41, 5.74) is 2.78. The van der Waals surface area contributed by atoms with Crippen molar-refractivity contribution in [3.63, 3.8) is 0 Å². The minimum Gasteiger partial charge on any atom is -0.377 e. The molecule has 1 N–H and O–H groups in total. The van der Waals surface area contributed by atoms with Crippen molar-refractivity contribution < 1.29 is 4.74 Å². The maximum Gasteiger partial charge on any atom is 0.252 e. The fourth-order valence-corrected chi connectivity index (χ4v) is 5.72. The van der Waals surface area contributed by atoms with E-state index >= 15 is 0 Å². The van der Waals surface area contributed by atoms with Crippen LogP contribution in [0.3, 0.4) is 0 Å². The van der Waals surface area contributed by atoms with E-state index in [4.69, 9.17) is 4.74 Å². The Kier molecular flexibility index (Phi) is 6.79. The number of tetrazole rings is 1. The Morgan fingerprint density at radius 3 is 2.74 bits per heavy atom. The van der Waals surface area contributed by atoms with Gasteiger partial charge in [0.2, 0.25) is 0 Å². The third-order valence-electron chi connectivity index (χ3n) is 7.39. The minimum absolute atomic E-state index is 0.00703. The van der Waals surface area contributed by atoms with Crippen molar-refractivity contribution in [1.82, 2.24) is 30.1 Å². The van der Waals surface area contributed by atoms with Gasteiger partial charge in [0.05, 0.1) is 18.2 Å². The van der Waals surface area contributed by atoms with Crippen LogP contribution in [0.2, 0.25) is 0 Å². The molecule has 1 saturated carbocycles. The number of H-pyrrole nitrogens is 1. The quantitative estimate of drug-likeness (QED) is 0.534. The first-order chi connectivity index (χ1) is 16.5. The van der Waals surface area contributed by atoms with E-state index in [0.29, 0.717) is 12.6 Å². The van der Waals surface area contributed by atoms with Gasteiger partial charge in [0.1, 0.15) is 0 Å². The highest BCUT2D eigenvalue weighted by Gasteiger charge is 2.34. The highest BCUT2D eigenvalue weighted by atomic mass is 16.5. The van der Waals surface area contributed by atoms with Crippen LogP contribution < -0.4 is 5.56 Å². The normalized spacial score (nSPS) is 20.2. The third-order valence-corrected chi connectivity index (χ3v) is 7.39. The van der Waals surface area contributed by atoms with E-state index in [-0.39, 0.29) is 23.6 Å². The molecule has 8 nitrogen and oxygen atoms in total. The average Bonchev–Trinajstić information content (AvgIpc) is 3.57. The summed E-state index contributed by atoms with van der Waals surface area (Å²) in [6.45, 7) is 8.60. The molecule has 0 bridgehead atoms. The Balaban J connectivity index is 1.52. The molecule has 2 atom stereocenters. The molecular formula is C26H36N6O2. The molecule has 0 spiro atoms. The van der Waals surface area contributed by atoms with Crippen LogP contribution in [0.5, 0.6) is 0 Å². The fourth-order valence-electron chi connectivity index (χ4n) is 5.72. The third kappa shape index (κ3) is 4.79. The smallest absolute Gasteiger partial charge is 0.252 e. The molecule has 2 aliphatic rings. The summed E-state index contributed by atoms with van der Waals surface area (Å²) in [7, 11) is 0. The Bertz CT molecular complexity index is 1170. The number of ether oxygens (including phenoxy) is 1. The van der Waals surface area contributed by atoms with E-state index in [0.717, 1.165) is 61.1 Å². The van der Waals surface area contributed by atoms with Crippen LogP contribution in [0, 0.1) is 12.8 Å². The predicted molar refractivity (Wildman–Crippen MR) is 132 cm³/mol. The molecule has 0 amide bonds. The molecular weight excluding hydrogens is 428 g/mol. The Labute approximate surface area is 200 Å². The second kappa shape index (κ2) is 9.96. The van der Waals surface area contributed by atoms with E-state index < -0.39 is 0 Å².